The SMILES string of the molecule is CCc1c(C(=O)NCc2ccc(-c3ccc(Br)cc3)o2)cnn1-c1ccc(OC)nn1. The monoisotopic (exact) mass is 481 g/mol. The maximum Gasteiger partial charge on any atom is 0.255 e. The number of benzene rings is 1. The van der Waals surface area contributed by atoms with E-state index >= 15 is 0 Å². The molecule has 0 unspecified atom stereocenters. The highest BCUT2D eigenvalue weighted by Crippen LogP contribution is 2.24. The molecule has 0 radical (unpaired) electrons. The number of methoxy groups -OCH3 is 1. The molecule has 4 rings (SSSR count). The Balaban J connectivity index is 1.46. The van der Waals surface area contributed by atoms with Gasteiger partial charge in [0.2, 0.25) is 5.88 Å². The van der Waals surface area contributed by atoms with E-state index in [1.54, 1.807) is 16.8 Å². The van der Waals surface area contributed by atoms with Crippen LogP contribution in [0.2, 0.25) is 0 Å². The fraction of sp³-hybridized carbons (Fsp3) is 0.182. The normalized spacial score (nSPS) is 10.8. The Morgan fingerprint density at radius 1 is 1.13 bits per heavy atom. The number of amides is 1. The van der Waals surface area contributed by atoms with Crippen LogP contribution >= 0.6 is 15.9 Å². The summed E-state index contributed by atoms with van der Waals surface area (Å²) in [4.78, 5) is 12.8. The molecule has 0 spiro atoms. The van der Waals surface area contributed by atoms with E-state index in [-0.39, 0.29) is 12.5 Å². The minimum atomic E-state index is -0.230. The zero-order valence-corrected chi connectivity index (χ0v) is 18.6. The predicted molar refractivity (Wildman–Crippen MR) is 118 cm³/mol. The first-order chi connectivity index (χ1) is 15.1. The van der Waals surface area contributed by atoms with Gasteiger partial charge in [0, 0.05) is 16.1 Å². The van der Waals surface area contributed by atoms with E-state index in [0.717, 1.165) is 21.5 Å². The van der Waals surface area contributed by atoms with Crippen molar-refractivity contribution in [3.63, 3.8) is 0 Å². The third-order valence-electron chi connectivity index (χ3n) is 4.71. The highest BCUT2D eigenvalue weighted by atomic mass is 79.9. The van der Waals surface area contributed by atoms with E-state index in [4.69, 9.17) is 9.15 Å². The van der Waals surface area contributed by atoms with Crippen molar-refractivity contribution in [3.8, 4) is 23.0 Å². The van der Waals surface area contributed by atoms with Crippen LogP contribution in [0.4, 0.5) is 0 Å². The third-order valence-corrected chi connectivity index (χ3v) is 5.24. The highest BCUT2D eigenvalue weighted by molar-refractivity contribution is 9.10. The van der Waals surface area contributed by atoms with E-state index < -0.39 is 0 Å². The summed E-state index contributed by atoms with van der Waals surface area (Å²) in [6.07, 6.45) is 2.14. The Hall–Kier alpha value is -3.46. The number of ether oxygens (including phenoxy) is 1. The van der Waals surface area contributed by atoms with Crippen molar-refractivity contribution in [3.05, 3.63) is 76.2 Å². The quantitative estimate of drug-likeness (QED) is 0.425. The number of hydrogen-bond acceptors (Lipinski definition) is 6. The zero-order chi connectivity index (χ0) is 21.8. The second-order valence-corrected chi connectivity index (χ2v) is 7.58. The number of hydrogen-bond donors (Lipinski definition) is 1. The lowest BCUT2D eigenvalue weighted by Gasteiger charge is -2.07. The van der Waals surface area contributed by atoms with Gasteiger partial charge in [-0.2, -0.15) is 5.10 Å². The average molecular weight is 482 g/mol. The van der Waals surface area contributed by atoms with Crippen LogP contribution in [-0.4, -0.2) is 33.0 Å². The molecule has 1 N–H and O–H groups in total. The molecule has 0 saturated heterocycles. The smallest absolute Gasteiger partial charge is 0.255 e. The molecule has 0 aliphatic carbocycles. The Bertz CT molecular complexity index is 1180. The first-order valence-electron chi connectivity index (χ1n) is 9.67. The second-order valence-electron chi connectivity index (χ2n) is 6.66. The first kappa shape index (κ1) is 20.8. The van der Waals surface area contributed by atoms with E-state index in [9.17, 15) is 4.79 Å². The minimum Gasteiger partial charge on any atom is -0.480 e. The van der Waals surface area contributed by atoms with Crippen LogP contribution in [0.25, 0.3) is 17.1 Å². The standard InChI is InChI=1S/C22H20BrN5O3/c1-3-18-17(13-25-28(18)20-10-11-21(30-2)27-26-20)22(29)24-12-16-8-9-19(31-16)14-4-6-15(23)7-5-14/h4-11,13H,3,12H2,1-2H3,(H,24,29). The van der Waals surface area contributed by atoms with Gasteiger partial charge in [0.25, 0.3) is 5.91 Å². The van der Waals surface area contributed by atoms with Crippen LogP contribution in [0, 0.1) is 0 Å². The number of furan rings is 1. The molecule has 0 saturated carbocycles. The molecule has 0 fully saturated rings. The van der Waals surface area contributed by atoms with Crippen LogP contribution in [0.1, 0.15) is 28.7 Å². The van der Waals surface area contributed by atoms with Crippen molar-refractivity contribution in [1.29, 1.82) is 0 Å². The number of aromatic nitrogens is 4. The van der Waals surface area contributed by atoms with Crippen LogP contribution in [0.3, 0.4) is 0 Å². The van der Waals surface area contributed by atoms with Crippen molar-refractivity contribution in [2.24, 2.45) is 0 Å². The Morgan fingerprint density at radius 2 is 1.94 bits per heavy atom. The van der Waals surface area contributed by atoms with Crippen LogP contribution in [0.15, 0.2) is 63.6 Å². The maximum atomic E-state index is 12.8. The molecule has 0 aliphatic heterocycles. The van der Waals surface area contributed by atoms with Gasteiger partial charge in [-0.15, -0.1) is 10.2 Å². The van der Waals surface area contributed by atoms with Crippen molar-refractivity contribution < 1.29 is 13.9 Å². The molecule has 31 heavy (non-hydrogen) atoms. The third kappa shape index (κ3) is 4.51. The molecular formula is C22H20BrN5O3. The summed E-state index contributed by atoms with van der Waals surface area (Å²) in [6, 6.07) is 15.0. The number of halogens is 1. The molecule has 1 amide bonds. The van der Waals surface area contributed by atoms with Gasteiger partial charge in [-0.3, -0.25) is 4.79 Å². The number of nitrogens with one attached hydrogen (secondary N) is 1. The van der Waals surface area contributed by atoms with Crippen LogP contribution in [-0.2, 0) is 13.0 Å². The molecular weight excluding hydrogens is 462 g/mol. The molecule has 0 bridgehead atoms. The molecule has 9 heteroatoms. The highest BCUT2D eigenvalue weighted by Gasteiger charge is 2.18. The van der Waals surface area contributed by atoms with E-state index in [1.165, 1.54) is 13.3 Å². The fourth-order valence-corrected chi connectivity index (χ4v) is 3.41. The summed E-state index contributed by atoms with van der Waals surface area (Å²) in [5.74, 6) is 2.11. The van der Waals surface area contributed by atoms with Crippen LogP contribution in [0.5, 0.6) is 5.88 Å². The van der Waals surface area contributed by atoms with Crippen LogP contribution < -0.4 is 10.1 Å². The largest absolute Gasteiger partial charge is 0.480 e. The van der Waals surface area contributed by atoms with Crippen molar-refractivity contribution in [2.75, 3.05) is 7.11 Å². The van der Waals surface area contributed by atoms with Gasteiger partial charge < -0.3 is 14.5 Å². The van der Waals surface area contributed by atoms with Gasteiger partial charge in [-0.05, 0) is 36.8 Å². The summed E-state index contributed by atoms with van der Waals surface area (Å²) in [5.41, 5.74) is 2.20. The summed E-state index contributed by atoms with van der Waals surface area (Å²) in [7, 11) is 1.53. The van der Waals surface area contributed by atoms with Gasteiger partial charge in [0.15, 0.2) is 5.82 Å². The van der Waals surface area contributed by atoms with Gasteiger partial charge in [0.05, 0.1) is 31.1 Å². The van der Waals surface area contributed by atoms with Crippen molar-refractivity contribution in [1.82, 2.24) is 25.3 Å². The van der Waals surface area contributed by atoms with Crippen molar-refractivity contribution >= 4 is 21.8 Å². The zero-order valence-electron chi connectivity index (χ0n) is 17.0. The minimum absolute atomic E-state index is 0.230. The molecule has 0 atom stereocenters. The number of carbonyl (C=O) groups excluding carboxylic acids is 1. The maximum absolute atomic E-state index is 12.8. The predicted octanol–water partition coefficient (Wildman–Crippen LogP) is 4.19. The van der Waals surface area contributed by atoms with Gasteiger partial charge in [-0.25, -0.2) is 4.68 Å². The molecule has 1 aromatic carbocycles. The summed E-state index contributed by atoms with van der Waals surface area (Å²) in [6.45, 7) is 2.23. The average Bonchev–Trinajstić information content (AvgIpc) is 3.45. The Morgan fingerprint density at radius 3 is 2.61 bits per heavy atom. The van der Waals surface area contributed by atoms with Crippen molar-refractivity contribution in [2.45, 2.75) is 19.9 Å². The fourth-order valence-electron chi connectivity index (χ4n) is 3.14. The topological polar surface area (TPSA) is 95.1 Å². The molecule has 3 aromatic heterocycles. The summed E-state index contributed by atoms with van der Waals surface area (Å²) >= 11 is 3.42. The lowest BCUT2D eigenvalue weighted by Crippen LogP contribution is -2.23. The van der Waals surface area contributed by atoms with Gasteiger partial charge >= 0.3 is 0 Å². The van der Waals surface area contributed by atoms with E-state index in [1.807, 2.05) is 43.3 Å². The van der Waals surface area contributed by atoms with E-state index in [0.29, 0.717) is 29.4 Å². The summed E-state index contributed by atoms with van der Waals surface area (Å²) < 4.78 is 13.5. The molecule has 3 heterocycles. The molecule has 158 valence electrons. The Labute approximate surface area is 187 Å². The summed E-state index contributed by atoms with van der Waals surface area (Å²) in [5, 5.41) is 15.3. The molecule has 0 aliphatic rings. The number of nitrogens with zero attached hydrogens (tertiary/aromatic N) is 4. The molecule has 4 aromatic rings. The number of carbonyl (C=O) groups is 1. The lowest BCUT2D eigenvalue weighted by atomic mass is 10.2. The van der Waals surface area contributed by atoms with Gasteiger partial charge in [0.1, 0.15) is 11.5 Å². The Kier molecular flexibility index (Phi) is 6.13. The second kappa shape index (κ2) is 9.13. The number of rotatable bonds is 7. The van der Waals surface area contributed by atoms with Gasteiger partial charge in [-0.1, -0.05) is 35.0 Å². The van der Waals surface area contributed by atoms with E-state index in [2.05, 4.69) is 36.5 Å². The lowest BCUT2D eigenvalue weighted by molar-refractivity contribution is 0.0947. The first-order valence-corrected chi connectivity index (χ1v) is 10.5. The molecule has 8 nitrogen and oxygen atoms in total.